The fraction of sp³-hybridized carbons (Fsp3) is 0.409. The van der Waals surface area contributed by atoms with Gasteiger partial charge in [0.1, 0.15) is 5.75 Å². The quantitative estimate of drug-likeness (QED) is 0.642. The van der Waals surface area contributed by atoms with Gasteiger partial charge in [0.15, 0.2) is 0 Å². The van der Waals surface area contributed by atoms with Crippen molar-refractivity contribution in [2.24, 2.45) is 11.1 Å². The summed E-state index contributed by atoms with van der Waals surface area (Å²) in [6.07, 6.45) is 1.81. The molecule has 26 heavy (non-hydrogen) atoms. The predicted octanol–water partition coefficient (Wildman–Crippen LogP) is 3.46. The van der Waals surface area contributed by atoms with E-state index < -0.39 is 5.41 Å². The Morgan fingerprint density at radius 2 is 1.81 bits per heavy atom. The third-order valence-electron chi connectivity index (χ3n) is 4.58. The van der Waals surface area contributed by atoms with Gasteiger partial charge in [-0.05, 0) is 69.0 Å². The van der Waals surface area contributed by atoms with E-state index in [-0.39, 0.29) is 5.91 Å². The number of nitrogens with one attached hydrogen (secondary N) is 1. The van der Waals surface area contributed by atoms with Crippen molar-refractivity contribution in [3.05, 3.63) is 65.2 Å². The van der Waals surface area contributed by atoms with Crippen LogP contribution in [-0.2, 0) is 11.2 Å². The van der Waals surface area contributed by atoms with Crippen LogP contribution >= 0.6 is 0 Å². The zero-order valence-electron chi connectivity index (χ0n) is 16.0. The van der Waals surface area contributed by atoms with E-state index in [1.807, 2.05) is 26.0 Å². The summed E-state index contributed by atoms with van der Waals surface area (Å²) in [6, 6.07) is 16.8. The highest BCUT2D eigenvalue weighted by Gasteiger charge is 2.23. The number of amides is 1. The fourth-order valence-electron chi connectivity index (χ4n) is 2.61. The van der Waals surface area contributed by atoms with Crippen LogP contribution in [0.25, 0.3) is 0 Å². The Labute approximate surface area is 156 Å². The van der Waals surface area contributed by atoms with Crippen LogP contribution in [0.15, 0.2) is 48.5 Å². The second-order valence-electron chi connectivity index (χ2n) is 7.37. The number of carbonyl (C=O) groups is 1. The Hall–Kier alpha value is -2.33. The lowest BCUT2D eigenvalue weighted by Gasteiger charge is -2.20. The smallest absolute Gasteiger partial charge is 0.224 e. The number of benzene rings is 2. The minimum atomic E-state index is -0.520. The molecule has 0 aliphatic carbocycles. The second-order valence-corrected chi connectivity index (χ2v) is 7.37. The van der Waals surface area contributed by atoms with Gasteiger partial charge in [0.05, 0.1) is 12.0 Å². The molecule has 2 aromatic carbocycles. The first-order chi connectivity index (χ1) is 12.4. The molecular weight excluding hydrogens is 324 g/mol. The Kier molecular flexibility index (Phi) is 7.22. The Balaban J connectivity index is 1.69. The number of ether oxygens (including phenoxy) is 1. The van der Waals surface area contributed by atoms with Gasteiger partial charge in [-0.2, -0.15) is 0 Å². The van der Waals surface area contributed by atoms with Crippen molar-refractivity contribution in [2.45, 2.75) is 33.6 Å². The molecule has 0 atom stereocenters. The lowest BCUT2D eigenvalue weighted by molar-refractivity contribution is -0.125. The molecule has 0 bridgehead atoms. The first kappa shape index (κ1) is 20.0. The first-order valence-corrected chi connectivity index (χ1v) is 9.15. The molecule has 0 fully saturated rings. The van der Waals surface area contributed by atoms with E-state index in [9.17, 15) is 4.79 Å². The number of primary amides is 1. The van der Waals surface area contributed by atoms with Crippen LogP contribution < -0.4 is 15.8 Å². The maximum atomic E-state index is 11.2. The van der Waals surface area contributed by atoms with E-state index in [1.54, 1.807) is 0 Å². The minimum Gasteiger partial charge on any atom is -0.494 e. The Morgan fingerprint density at radius 1 is 1.12 bits per heavy atom. The minimum absolute atomic E-state index is 0.285. The van der Waals surface area contributed by atoms with Gasteiger partial charge in [-0.25, -0.2) is 0 Å². The van der Waals surface area contributed by atoms with Gasteiger partial charge in [-0.15, -0.1) is 0 Å². The monoisotopic (exact) mass is 354 g/mol. The van der Waals surface area contributed by atoms with E-state index in [1.165, 1.54) is 16.7 Å². The largest absolute Gasteiger partial charge is 0.494 e. The maximum Gasteiger partial charge on any atom is 0.224 e. The number of hydrogen-bond donors (Lipinski definition) is 2. The SMILES string of the molecule is Cc1ccccc1Cc1ccc(OCCCNCC(C)(C)C(N)=O)cc1. The van der Waals surface area contributed by atoms with Crippen molar-refractivity contribution < 1.29 is 9.53 Å². The number of carbonyl (C=O) groups excluding carboxylic acids is 1. The zero-order valence-corrected chi connectivity index (χ0v) is 16.0. The van der Waals surface area contributed by atoms with Gasteiger partial charge < -0.3 is 15.8 Å². The summed E-state index contributed by atoms with van der Waals surface area (Å²) in [5.41, 5.74) is 8.78. The Bertz CT molecular complexity index is 708. The summed E-state index contributed by atoms with van der Waals surface area (Å²) in [5.74, 6) is 0.600. The fourth-order valence-corrected chi connectivity index (χ4v) is 2.61. The molecule has 4 nitrogen and oxygen atoms in total. The normalized spacial score (nSPS) is 11.3. The molecule has 2 rings (SSSR count). The van der Waals surface area contributed by atoms with Crippen LogP contribution in [0.5, 0.6) is 5.75 Å². The topological polar surface area (TPSA) is 64.3 Å². The molecule has 3 N–H and O–H groups in total. The molecule has 1 amide bonds. The molecule has 0 spiro atoms. The average Bonchev–Trinajstić information content (AvgIpc) is 2.61. The van der Waals surface area contributed by atoms with Crippen LogP contribution in [0.4, 0.5) is 0 Å². The first-order valence-electron chi connectivity index (χ1n) is 9.15. The molecule has 4 heteroatoms. The molecule has 0 saturated carbocycles. The van der Waals surface area contributed by atoms with Crippen LogP contribution in [0.2, 0.25) is 0 Å². The van der Waals surface area contributed by atoms with Crippen molar-refractivity contribution in [2.75, 3.05) is 19.7 Å². The van der Waals surface area contributed by atoms with Gasteiger partial charge in [-0.3, -0.25) is 4.79 Å². The molecule has 0 radical (unpaired) electrons. The van der Waals surface area contributed by atoms with E-state index >= 15 is 0 Å². The standard InChI is InChI=1S/C22H30N2O2/c1-17-7-4-5-8-19(17)15-18-9-11-20(12-10-18)26-14-6-13-24-16-22(2,3)21(23)25/h4-5,7-12,24H,6,13-16H2,1-3H3,(H2,23,25). The van der Waals surface area contributed by atoms with Crippen LogP contribution in [-0.4, -0.2) is 25.6 Å². The predicted molar refractivity (Wildman–Crippen MR) is 106 cm³/mol. The van der Waals surface area contributed by atoms with E-state index in [4.69, 9.17) is 10.5 Å². The van der Waals surface area contributed by atoms with Gasteiger partial charge >= 0.3 is 0 Å². The maximum absolute atomic E-state index is 11.2. The highest BCUT2D eigenvalue weighted by atomic mass is 16.5. The van der Waals surface area contributed by atoms with Gasteiger partial charge in [0.2, 0.25) is 5.91 Å². The van der Waals surface area contributed by atoms with Crippen LogP contribution in [0.3, 0.4) is 0 Å². The number of nitrogens with two attached hydrogens (primary N) is 1. The number of aryl methyl sites for hydroxylation is 1. The summed E-state index contributed by atoms with van der Waals surface area (Å²) in [5, 5.41) is 3.25. The van der Waals surface area contributed by atoms with Crippen molar-refractivity contribution in [3.63, 3.8) is 0 Å². The zero-order chi connectivity index (χ0) is 19.0. The van der Waals surface area contributed by atoms with E-state index in [0.717, 1.165) is 25.1 Å². The molecule has 2 aromatic rings. The lowest BCUT2D eigenvalue weighted by Crippen LogP contribution is -2.40. The summed E-state index contributed by atoms with van der Waals surface area (Å²) in [7, 11) is 0. The highest BCUT2D eigenvalue weighted by molar-refractivity contribution is 5.80. The molecular formula is C22H30N2O2. The van der Waals surface area contributed by atoms with Crippen molar-refractivity contribution >= 4 is 5.91 Å². The summed E-state index contributed by atoms with van der Waals surface area (Å²) in [6.45, 7) is 7.85. The van der Waals surface area contributed by atoms with Crippen molar-refractivity contribution in [1.29, 1.82) is 0 Å². The number of rotatable bonds is 10. The molecule has 0 aliphatic heterocycles. The molecule has 0 aliphatic rings. The number of hydrogen-bond acceptors (Lipinski definition) is 3. The van der Waals surface area contributed by atoms with Crippen LogP contribution in [0, 0.1) is 12.3 Å². The third kappa shape index (κ3) is 6.19. The Morgan fingerprint density at radius 3 is 2.46 bits per heavy atom. The molecule has 0 aromatic heterocycles. The highest BCUT2D eigenvalue weighted by Crippen LogP contribution is 2.17. The molecule has 0 unspecified atom stereocenters. The molecule has 0 heterocycles. The van der Waals surface area contributed by atoms with Crippen molar-refractivity contribution in [3.8, 4) is 5.75 Å². The van der Waals surface area contributed by atoms with E-state index in [2.05, 4.69) is 48.6 Å². The summed E-state index contributed by atoms with van der Waals surface area (Å²) < 4.78 is 5.78. The van der Waals surface area contributed by atoms with E-state index in [0.29, 0.717) is 13.2 Å². The van der Waals surface area contributed by atoms with Crippen molar-refractivity contribution in [1.82, 2.24) is 5.32 Å². The van der Waals surface area contributed by atoms with Gasteiger partial charge in [0.25, 0.3) is 0 Å². The average molecular weight is 354 g/mol. The van der Waals surface area contributed by atoms with Gasteiger partial charge in [0, 0.05) is 6.54 Å². The molecule has 0 saturated heterocycles. The second kappa shape index (κ2) is 9.39. The van der Waals surface area contributed by atoms with Gasteiger partial charge in [-0.1, -0.05) is 36.4 Å². The summed E-state index contributed by atoms with van der Waals surface area (Å²) >= 11 is 0. The molecule has 140 valence electrons. The summed E-state index contributed by atoms with van der Waals surface area (Å²) in [4.78, 5) is 11.2. The van der Waals surface area contributed by atoms with Crippen LogP contribution in [0.1, 0.15) is 37.0 Å². The lowest BCUT2D eigenvalue weighted by atomic mass is 9.93. The third-order valence-corrected chi connectivity index (χ3v) is 4.58.